The summed E-state index contributed by atoms with van der Waals surface area (Å²) in [6, 6.07) is 15.5. The number of benzene rings is 2. The first-order valence-corrected chi connectivity index (χ1v) is 11.1. The molecular weight excluding hydrogens is 404 g/mol. The summed E-state index contributed by atoms with van der Waals surface area (Å²) in [6.07, 6.45) is 1.89. The zero-order valence-corrected chi connectivity index (χ0v) is 18.3. The fourth-order valence-electron chi connectivity index (χ4n) is 4.56. The maximum Gasteiger partial charge on any atom is 0.249 e. The van der Waals surface area contributed by atoms with Crippen LogP contribution in [0.3, 0.4) is 0 Å². The van der Waals surface area contributed by atoms with Crippen LogP contribution in [0.1, 0.15) is 42.3 Å². The Kier molecular flexibility index (Phi) is 5.25. The number of hydrogen-bond acceptors (Lipinski definition) is 5. The zero-order valence-electron chi connectivity index (χ0n) is 18.3. The number of carbonyl (C=O) groups excluding carboxylic acids is 2. The minimum atomic E-state index is -0.358. The molecule has 0 N–H and O–H groups in total. The lowest BCUT2D eigenvalue weighted by Gasteiger charge is -2.25. The van der Waals surface area contributed by atoms with Gasteiger partial charge in [0.15, 0.2) is 0 Å². The summed E-state index contributed by atoms with van der Waals surface area (Å²) >= 11 is 0. The van der Waals surface area contributed by atoms with Crippen molar-refractivity contribution < 1.29 is 14.1 Å². The summed E-state index contributed by atoms with van der Waals surface area (Å²) in [6.45, 7) is 5.09. The topological polar surface area (TPSA) is 79.5 Å². The molecule has 2 saturated heterocycles. The van der Waals surface area contributed by atoms with Crippen molar-refractivity contribution >= 4 is 17.5 Å². The maximum absolute atomic E-state index is 13.4. The lowest BCUT2D eigenvalue weighted by atomic mass is 10.1. The van der Waals surface area contributed by atoms with Gasteiger partial charge in [0.05, 0.1) is 5.92 Å². The molecule has 7 nitrogen and oxygen atoms in total. The third-order valence-corrected chi connectivity index (χ3v) is 6.39. The van der Waals surface area contributed by atoms with E-state index in [0.717, 1.165) is 35.2 Å². The van der Waals surface area contributed by atoms with Crippen molar-refractivity contribution in [2.75, 3.05) is 18.0 Å². The van der Waals surface area contributed by atoms with Gasteiger partial charge in [-0.15, -0.1) is 0 Å². The summed E-state index contributed by atoms with van der Waals surface area (Å²) in [4.78, 5) is 34.1. The van der Waals surface area contributed by atoms with Crippen molar-refractivity contribution in [2.24, 2.45) is 5.92 Å². The minimum Gasteiger partial charge on any atom is -0.337 e. The van der Waals surface area contributed by atoms with Crippen molar-refractivity contribution in [3.05, 3.63) is 65.5 Å². The van der Waals surface area contributed by atoms with E-state index >= 15 is 0 Å². The third-order valence-electron chi connectivity index (χ3n) is 6.39. The van der Waals surface area contributed by atoms with E-state index in [0.29, 0.717) is 24.8 Å². The fraction of sp³-hybridized carbons (Fsp3) is 0.360. The van der Waals surface area contributed by atoms with Crippen LogP contribution >= 0.6 is 0 Å². The van der Waals surface area contributed by atoms with Gasteiger partial charge in [-0.1, -0.05) is 52.7 Å². The fourth-order valence-corrected chi connectivity index (χ4v) is 4.56. The molecule has 0 saturated carbocycles. The average Bonchev–Trinajstić information content (AvgIpc) is 3.54. The van der Waals surface area contributed by atoms with E-state index in [1.54, 1.807) is 4.90 Å². The standard InChI is InChI=1S/C25H26N4O3/c1-16-5-9-18(10-6-16)23-26-24(32-27-23)21-4-3-13-28(21)25(31)19-14-22(30)29(15-19)20-11-7-17(2)8-12-20/h5-12,19,21H,3-4,13-15H2,1-2H3/t19-,21+/m0/s1. The lowest BCUT2D eigenvalue weighted by molar-refractivity contribution is -0.137. The summed E-state index contributed by atoms with van der Waals surface area (Å²) < 4.78 is 5.57. The molecule has 1 aromatic heterocycles. The Hall–Kier alpha value is -3.48. The normalized spacial score (nSPS) is 20.9. The van der Waals surface area contributed by atoms with Gasteiger partial charge in [-0.3, -0.25) is 9.59 Å². The highest BCUT2D eigenvalue weighted by Crippen LogP contribution is 2.35. The van der Waals surface area contributed by atoms with Gasteiger partial charge in [0.1, 0.15) is 6.04 Å². The van der Waals surface area contributed by atoms with Crippen molar-refractivity contribution in [1.82, 2.24) is 15.0 Å². The van der Waals surface area contributed by atoms with Gasteiger partial charge in [0.25, 0.3) is 0 Å². The molecule has 0 aliphatic carbocycles. The van der Waals surface area contributed by atoms with E-state index in [-0.39, 0.29) is 30.2 Å². The largest absolute Gasteiger partial charge is 0.337 e. The van der Waals surface area contributed by atoms with Gasteiger partial charge < -0.3 is 14.3 Å². The Morgan fingerprint density at radius 2 is 1.72 bits per heavy atom. The molecule has 2 atom stereocenters. The van der Waals surface area contributed by atoms with Crippen LogP contribution in [-0.4, -0.2) is 39.9 Å². The highest BCUT2D eigenvalue weighted by molar-refractivity contribution is 6.00. The molecule has 0 bridgehead atoms. The van der Waals surface area contributed by atoms with Crippen LogP contribution in [0.5, 0.6) is 0 Å². The SMILES string of the molecule is Cc1ccc(-c2noc([C@H]3CCCN3C(=O)[C@H]3CC(=O)N(c4ccc(C)cc4)C3)n2)cc1. The number of aryl methyl sites for hydroxylation is 2. The van der Waals surface area contributed by atoms with Gasteiger partial charge in [-0.05, 0) is 38.8 Å². The van der Waals surface area contributed by atoms with Crippen molar-refractivity contribution in [3.63, 3.8) is 0 Å². The van der Waals surface area contributed by atoms with Crippen LogP contribution in [0.4, 0.5) is 5.69 Å². The van der Waals surface area contributed by atoms with Crippen LogP contribution in [0.15, 0.2) is 53.1 Å². The summed E-state index contributed by atoms with van der Waals surface area (Å²) in [7, 11) is 0. The number of anilines is 1. The Morgan fingerprint density at radius 1 is 1.03 bits per heavy atom. The molecule has 3 aromatic rings. The molecule has 2 aliphatic heterocycles. The minimum absolute atomic E-state index is 0.00875. The number of aromatic nitrogens is 2. The molecular formula is C25H26N4O3. The molecule has 0 radical (unpaired) electrons. The quantitative estimate of drug-likeness (QED) is 0.623. The maximum atomic E-state index is 13.4. The smallest absolute Gasteiger partial charge is 0.249 e. The highest BCUT2D eigenvalue weighted by atomic mass is 16.5. The Balaban J connectivity index is 1.31. The van der Waals surface area contributed by atoms with Gasteiger partial charge in [-0.2, -0.15) is 4.98 Å². The predicted molar refractivity (Wildman–Crippen MR) is 120 cm³/mol. The van der Waals surface area contributed by atoms with Crippen molar-refractivity contribution in [2.45, 2.75) is 39.2 Å². The van der Waals surface area contributed by atoms with Gasteiger partial charge in [0, 0.05) is 30.8 Å². The summed E-state index contributed by atoms with van der Waals surface area (Å²) in [5, 5.41) is 4.14. The molecule has 7 heteroatoms. The van der Waals surface area contributed by atoms with E-state index in [1.807, 2.05) is 67.3 Å². The molecule has 0 spiro atoms. The van der Waals surface area contributed by atoms with Crippen molar-refractivity contribution in [3.8, 4) is 11.4 Å². The molecule has 164 valence electrons. The summed E-state index contributed by atoms with van der Waals surface area (Å²) in [5.41, 5.74) is 4.03. The predicted octanol–water partition coefficient (Wildman–Crippen LogP) is 4.07. The second kappa shape index (κ2) is 8.22. The Bertz CT molecular complexity index is 1140. The Morgan fingerprint density at radius 3 is 2.44 bits per heavy atom. The van der Waals surface area contributed by atoms with E-state index in [1.165, 1.54) is 0 Å². The monoisotopic (exact) mass is 430 g/mol. The molecule has 2 amide bonds. The van der Waals surface area contributed by atoms with E-state index < -0.39 is 0 Å². The van der Waals surface area contributed by atoms with Gasteiger partial charge in [0.2, 0.25) is 23.5 Å². The number of rotatable bonds is 4. The lowest BCUT2D eigenvalue weighted by Crippen LogP contribution is -2.37. The molecule has 0 unspecified atom stereocenters. The number of hydrogen-bond donors (Lipinski definition) is 0. The second-order valence-electron chi connectivity index (χ2n) is 8.75. The van der Waals surface area contributed by atoms with Crippen LogP contribution in [0, 0.1) is 19.8 Å². The van der Waals surface area contributed by atoms with Crippen LogP contribution < -0.4 is 4.90 Å². The molecule has 2 aliphatic rings. The van der Waals surface area contributed by atoms with Crippen LogP contribution in [0.25, 0.3) is 11.4 Å². The molecule has 2 fully saturated rings. The molecule has 2 aromatic carbocycles. The zero-order chi connectivity index (χ0) is 22.2. The number of likely N-dealkylation sites (tertiary alicyclic amines) is 1. The van der Waals surface area contributed by atoms with E-state index in [2.05, 4.69) is 10.1 Å². The van der Waals surface area contributed by atoms with E-state index in [4.69, 9.17) is 4.52 Å². The molecule has 5 rings (SSSR count). The second-order valence-corrected chi connectivity index (χ2v) is 8.75. The first-order chi connectivity index (χ1) is 15.5. The molecule has 32 heavy (non-hydrogen) atoms. The van der Waals surface area contributed by atoms with Gasteiger partial charge in [-0.25, -0.2) is 0 Å². The summed E-state index contributed by atoms with van der Waals surface area (Å²) in [5.74, 6) is 0.615. The number of nitrogens with zero attached hydrogens (tertiary/aromatic N) is 4. The van der Waals surface area contributed by atoms with Crippen molar-refractivity contribution in [1.29, 1.82) is 0 Å². The first kappa shape index (κ1) is 20.4. The Labute approximate surface area is 187 Å². The number of carbonyl (C=O) groups is 2. The molecule has 3 heterocycles. The third kappa shape index (κ3) is 3.79. The van der Waals surface area contributed by atoms with Crippen LogP contribution in [0.2, 0.25) is 0 Å². The number of amides is 2. The van der Waals surface area contributed by atoms with Gasteiger partial charge >= 0.3 is 0 Å². The van der Waals surface area contributed by atoms with Crippen LogP contribution in [-0.2, 0) is 9.59 Å². The highest BCUT2D eigenvalue weighted by Gasteiger charge is 2.42. The van der Waals surface area contributed by atoms with E-state index in [9.17, 15) is 9.59 Å². The first-order valence-electron chi connectivity index (χ1n) is 11.1. The average molecular weight is 431 g/mol.